The lowest BCUT2D eigenvalue weighted by atomic mass is 9.93. The highest BCUT2D eigenvalue weighted by Crippen LogP contribution is 2.31. The summed E-state index contributed by atoms with van der Waals surface area (Å²) in [6.07, 6.45) is 0. The van der Waals surface area contributed by atoms with Gasteiger partial charge in [0.2, 0.25) is 0 Å². The Kier molecular flexibility index (Phi) is 5.75. The molecule has 0 aliphatic rings. The first-order valence-electron chi connectivity index (χ1n) is 12.3. The Morgan fingerprint density at radius 1 is 0.333 bits per heavy atom. The van der Waals surface area contributed by atoms with Crippen LogP contribution in [0.4, 0.5) is 0 Å². The molecule has 6 aromatic carbocycles. The molecule has 0 fully saturated rings. The highest BCUT2D eigenvalue weighted by molar-refractivity contribution is 6.32. The van der Waals surface area contributed by atoms with Gasteiger partial charge in [-0.2, -0.15) is 0 Å². The van der Waals surface area contributed by atoms with Gasteiger partial charge >= 0.3 is 0 Å². The number of fused-ring (bicyclic) bond motifs is 1. The van der Waals surface area contributed by atoms with Gasteiger partial charge in [0.15, 0.2) is 0 Å². The van der Waals surface area contributed by atoms with Crippen molar-refractivity contribution in [2.75, 3.05) is 0 Å². The summed E-state index contributed by atoms with van der Waals surface area (Å²) in [7, 11) is 5.82. The second-order valence-corrected chi connectivity index (χ2v) is 9.42. The van der Waals surface area contributed by atoms with Crippen LogP contribution in [0.25, 0.3) is 55.3 Å². The monoisotopic (exact) mass is 456 g/mol. The minimum absolute atomic E-state index is 0.786. The molecule has 0 aliphatic carbocycles. The van der Waals surface area contributed by atoms with Gasteiger partial charge in [-0.3, -0.25) is 0 Å². The van der Waals surface area contributed by atoms with Crippen molar-refractivity contribution in [1.82, 2.24) is 0 Å². The zero-order valence-corrected chi connectivity index (χ0v) is 20.3. The van der Waals surface area contributed by atoms with E-state index in [1.807, 2.05) is 12.1 Å². The van der Waals surface area contributed by atoms with Crippen LogP contribution < -0.4 is 5.46 Å². The average Bonchev–Trinajstić information content (AvgIpc) is 2.94. The van der Waals surface area contributed by atoms with Crippen molar-refractivity contribution in [3.63, 3.8) is 0 Å². The third-order valence-corrected chi connectivity index (χ3v) is 6.91. The van der Waals surface area contributed by atoms with Gasteiger partial charge in [-0.25, -0.2) is 0 Å². The van der Waals surface area contributed by atoms with E-state index in [0.717, 1.165) is 5.46 Å². The quantitative estimate of drug-likeness (QED) is 0.233. The summed E-state index contributed by atoms with van der Waals surface area (Å²) in [6, 6.07) is 47.7. The molecule has 0 N–H and O–H groups in total. The molecule has 0 aliphatic heterocycles. The molecule has 0 spiro atoms. The Balaban J connectivity index is 1.25. The topological polar surface area (TPSA) is 0 Å². The van der Waals surface area contributed by atoms with Crippen LogP contribution in [0.15, 0.2) is 133 Å². The van der Waals surface area contributed by atoms with Crippen molar-refractivity contribution in [2.24, 2.45) is 0 Å². The van der Waals surface area contributed by atoms with Gasteiger partial charge in [-0.05, 0) is 74.3 Å². The fraction of sp³-hybridized carbons (Fsp3) is 0.0286. The van der Waals surface area contributed by atoms with E-state index in [0.29, 0.717) is 0 Å². The van der Waals surface area contributed by atoms with E-state index >= 15 is 0 Å². The van der Waals surface area contributed by atoms with E-state index in [1.54, 1.807) is 0 Å². The van der Waals surface area contributed by atoms with Gasteiger partial charge in [0.05, 0.1) is 0 Å². The molecule has 36 heavy (non-hydrogen) atoms. The standard InChI is InChI=1S/C35H25B/c1-24-2-4-25(5-3-24)26-6-10-29(11-7-26)31-14-16-34-23-32(15-17-33(34)22-31)30-12-8-27(9-13-30)28-18-20-35(36)21-19-28/h2-23H,1H3. The minimum Gasteiger partial charge on any atom is -0.0966 e. The second kappa shape index (κ2) is 9.36. The molecule has 0 heterocycles. The lowest BCUT2D eigenvalue weighted by Gasteiger charge is -2.09. The number of rotatable bonds is 4. The van der Waals surface area contributed by atoms with Crippen molar-refractivity contribution in [3.8, 4) is 44.5 Å². The lowest BCUT2D eigenvalue weighted by molar-refractivity contribution is 1.47. The Morgan fingerprint density at radius 2 is 0.611 bits per heavy atom. The maximum Gasteiger partial charge on any atom is 0.113 e. The molecular weight excluding hydrogens is 431 g/mol. The summed E-state index contributed by atoms with van der Waals surface area (Å²) in [5, 5.41) is 2.49. The van der Waals surface area contributed by atoms with Crippen molar-refractivity contribution in [1.29, 1.82) is 0 Å². The first kappa shape index (κ1) is 22.1. The van der Waals surface area contributed by atoms with Crippen LogP contribution in [0.3, 0.4) is 0 Å². The number of benzene rings is 6. The van der Waals surface area contributed by atoms with Gasteiger partial charge in [-0.15, -0.1) is 0 Å². The van der Waals surface area contributed by atoms with Crippen molar-refractivity contribution in [2.45, 2.75) is 6.92 Å². The molecule has 0 nitrogen and oxygen atoms in total. The van der Waals surface area contributed by atoms with Gasteiger partial charge in [0.1, 0.15) is 7.85 Å². The molecule has 0 saturated carbocycles. The lowest BCUT2D eigenvalue weighted by Crippen LogP contribution is -1.99. The number of hydrogen-bond donors (Lipinski definition) is 0. The van der Waals surface area contributed by atoms with Gasteiger partial charge < -0.3 is 0 Å². The van der Waals surface area contributed by atoms with Crippen LogP contribution >= 0.6 is 0 Å². The number of aryl methyl sites for hydroxylation is 1. The smallest absolute Gasteiger partial charge is 0.0966 e. The first-order valence-corrected chi connectivity index (χ1v) is 12.3. The van der Waals surface area contributed by atoms with Crippen LogP contribution in [0.2, 0.25) is 0 Å². The molecular formula is C35H25B. The Hall–Kier alpha value is -4.36. The summed E-state index contributed by atoms with van der Waals surface area (Å²) in [5.74, 6) is 0. The van der Waals surface area contributed by atoms with Gasteiger partial charge in [-0.1, -0.05) is 132 Å². The minimum atomic E-state index is 0.786. The predicted octanol–water partition coefficient (Wildman–Crippen LogP) is 8.61. The zero-order chi connectivity index (χ0) is 24.5. The molecule has 0 unspecified atom stereocenters. The third-order valence-electron chi connectivity index (χ3n) is 6.91. The van der Waals surface area contributed by atoms with E-state index in [9.17, 15) is 0 Å². The maximum atomic E-state index is 5.82. The molecule has 6 rings (SSSR count). The Morgan fingerprint density at radius 3 is 1.00 bits per heavy atom. The van der Waals surface area contributed by atoms with E-state index in [1.165, 1.54) is 60.8 Å². The predicted molar refractivity (Wildman–Crippen MR) is 156 cm³/mol. The zero-order valence-electron chi connectivity index (χ0n) is 20.3. The molecule has 6 aromatic rings. The summed E-state index contributed by atoms with van der Waals surface area (Å²) < 4.78 is 0. The molecule has 1 heteroatoms. The molecule has 0 atom stereocenters. The molecule has 0 saturated heterocycles. The van der Waals surface area contributed by atoms with Crippen molar-refractivity contribution >= 4 is 24.1 Å². The highest BCUT2D eigenvalue weighted by atomic mass is 14.1. The molecule has 168 valence electrons. The van der Waals surface area contributed by atoms with Crippen LogP contribution in [0.1, 0.15) is 5.56 Å². The average molecular weight is 456 g/mol. The third kappa shape index (κ3) is 4.48. The van der Waals surface area contributed by atoms with Crippen LogP contribution in [0, 0.1) is 6.92 Å². The van der Waals surface area contributed by atoms with Crippen LogP contribution in [-0.4, -0.2) is 7.85 Å². The summed E-state index contributed by atoms with van der Waals surface area (Å²) >= 11 is 0. The fourth-order valence-electron chi connectivity index (χ4n) is 4.74. The second-order valence-electron chi connectivity index (χ2n) is 9.42. The van der Waals surface area contributed by atoms with E-state index in [4.69, 9.17) is 7.85 Å². The molecule has 0 bridgehead atoms. The first-order chi connectivity index (χ1) is 17.6. The van der Waals surface area contributed by atoms with E-state index in [2.05, 4.69) is 128 Å². The summed E-state index contributed by atoms with van der Waals surface area (Å²) in [5.41, 5.74) is 11.8. The van der Waals surface area contributed by atoms with E-state index < -0.39 is 0 Å². The van der Waals surface area contributed by atoms with Gasteiger partial charge in [0, 0.05) is 0 Å². The Bertz CT molecular complexity index is 1510. The van der Waals surface area contributed by atoms with Gasteiger partial charge in [0.25, 0.3) is 0 Å². The van der Waals surface area contributed by atoms with Crippen LogP contribution in [-0.2, 0) is 0 Å². The van der Waals surface area contributed by atoms with Crippen LogP contribution in [0.5, 0.6) is 0 Å². The molecule has 2 radical (unpaired) electrons. The largest absolute Gasteiger partial charge is 0.113 e. The highest BCUT2D eigenvalue weighted by Gasteiger charge is 2.05. The summed E-state index contributed by atoms with van der Waals surface area (Å²) in [6.45, 7) is 2.12. The maximum absolute atomic E-state index is 5.82. The summed E-state index contributed by atoms with van der Waals surface area (Å²) in [4.78, 5) is 0. The molecule has 0 aromatic heterocycles. The number of hydrogen-bond acceptors (Lipinski definition) is 0. The molecule has 0 amide bonds. The normalized spacial score (nSPS) is 11.0. The SMILES string of the molecule is [B]c1ccc(-c2ccc(-c3ccc4cc(-c5ccc(-c6ccc(C)cc6)cc5)ccc4c3)cc2)cc1. The van der Waals surface area contributed by atoms with Crippen molar-refractivity contribution in [3.05, 3.63) is 139 Å². The van der Waals surface area contributed by atoms with E-state index in [-0.39, 0.29) is 0 Å². The van der Waals surface area contributed by atoms with Crippen molar-refractivity contribution < 1.29 is 0 Å². The fourth-order valence-corrected chi connectivity index (χ4v) is 4.74. The Labute approximate surface area is 214 Å².